The summed E-state index contributed by atoms with van der Waals surface area (Å²) in [5.41, 5.74) is 1.85. The van der Waals surface area contributed by atoms with E-state index in [1.807, 2.05) is 54.7 Å². The van der Waals surface area contributed by atoms with Gasteiger partial charge in [0.2, 0.25) is 12.3 Å². The Kier molecular flexibility index (Phi) is 7.06. The van der Waals surface area contributed by atoms with Crippen molar-refractivity contribution >= 4 is 29.2 Å². The Balaban J connectivity index is 0.000000431. The zero-order valence-corrected chi connectivity index (χ0v) is 21.0. The van der Waals surface area contributed by atoms with Crippen molar-refractivity contribution in [1.29, 1.82) is 0 Å². The van der Waals surface area contributed by atoms with Crippen molar-refractivity contribution in [2.75, 3.05) is 51.3 Å². The van der Waals surface area contributed by atoms with Gasteiger partial charge in [0.15, 0.2) is 0 Å². The molecule has 0 bridgehead atoms. The van der Waals surface area contributed by atoms with Crippen LogP contribution in [0.25, 0.3) is 22.4 Å². The monoisotopic (exact) mass is 483 g/mol. The van der Waals surface area contributed by atoms with Gasteiger partial charge in [-0.15, -0.1) is 0 Å². The second kappa shape index (κ2) is 10.0. The number of anilines is 1. The lowest BCUT2D eigenvalue weighted by molar-refractivity contribution is -0.134. The number of fused-ring (bicyclic) bond motifs is 1. The lowest BCUT2D eigenvalue weighted by Gasteiger charge is -2.38. The van der Waals surface area contributed by atoms with Crippen LogP contribution in [0.3, 0.4) is 0 Å². The van der Waals surface area contributed by atoms with Crippen LogP contribution in [0.4, 0.5) is 5.95 Å². The Bertz CT molecular complexity index is 1170. The van der Waals surface area contributed by atoms with Gasteiger partial charge in [-0.25, -0.2) is 0 Å². The van der Waals surface area contributed by atoms with Crippen molar-refractivity contribution in [2.45, 2.75) is 39.3 Å². The van der Waals surface area contributed by atoms with E-state index in [1.165, 1.54) is 0 Å². The number of rotatable bonds is 4. The predicted octanol–water partition coefficient (Wildman–Crippen LogP) is 2.20. The Morgan fingerprint density at radius 1 is 1.17 bits per heavy atom. The van der Waals surface area contributed by atoms with Crippen LogP contribution in [0.5, 0.6) is 0 Å². The molecule has 188 valence electrons. The van der Waals surface area contributed by atoms with E-state index in [9.17, 15) is 9.59 Å². The number of methoxy groups -OCH3 is 1. The minimum absolute atomic E-state index is 0.0417. The number of piperazine rings is 1. The molecule has 2 aliphatic heterocycles. The van der Waals surface area contributed by atoms with Gasteiger partial charge >= 0.3 is 0 Å². The number of hydrogen-bond donors (Lipinski definition) is 0. The molecule has 0 radical (unpaired) electrons. The molecule has 0 aliphatic carbocycles. The third-order valence-electron chi connectivity index (χ3n) is 6.27. The molecule has 4 heterocycles. The fourth-order valence-corrected chi connectivity index (χ4v) is 3.82. The van der Waals surface area contributed by atoms with Crippen molar-refractivity contribution in [2.24, 2.45) is 0 Å². The SMILES string of the molecule is CC(=O)N1CC(n2ncc3ccc(-c4nc(N5CCN(C=O)CC5)no4)cc32)C1.COC(C)(C)C. The minimum Gasteiger partial charge on any atom is -0.379 e. The molecule has 2 fully saturated rings. The first-order chi connectivity index (χ1) is 16.7. The number of hydrogen-bond acceptors (Lipinski definition) is 8. The summed E-state index contributed by atoms with van der Waals surface area (Å²) >= 11 is 0. The van der Waals surface area contributed by atoms with E-state index < -0.39 is 0 Å². The molecule has 2 aliphatic rings. The Hall–Kier alpha value is -3.47. The molecule has 3 aromatic rings. The largest absolute Gasteiger partial charge is 0.379 e. The molecule has 11 nitrogen and oxygen atoms in total. The van der Waals surface area contributed by atoms with Crippen LogP contribution in [0.1, 0.15) is 33.7 Å². The third-order valence-corrected chi connectivity index (χ3v) is 6.27. The molecular formula is C24H33N7O4. The molecule has 35 heavy (non-hydrogen) atoms. The van der Waals surface area contributed by atoms with Gasteiger partial charge in [0, 0.05) is 64.3 Å². The van der Waals surface area contributed by atoms with E-state index in [1.54, 1.807) is 23.8 Å². The first kappa shape index (κ1) is 24.6. The van der Waals surface area contributed by atoms with Gasteiger partial charge in [-0.05, 0) is 38.1 Å². The van der Waals surface area contributed by atoms with Gasteiger partial charge in [-0.3, -0.25) is 14.3 Å². The fraction of sp³-hybridized carbons (Fsp3) is 0.542. The van der Waals surface area contributed by atoms with E-state index >= 15 is 0 Å². The zero-order valence-electron chi connectivity index (χ0n) is 21.0. The first-order valence-electron chi connectivity index (χ1n) is 11.7. The number of carbonyl (C=O) groups is 2. The van der Waals surface area contributed by atoms with Gasteiger partial charge in [0.05, 0.1) is 23.4 Å². The quantitative estimate of drug-likeness (QED) is 0.520. The molecule has 2 saturated heterocycles. The topological polar surface area (TPSA) is 110 Å². The molecule has 2 amide bonds. The Morgan fingerprint density at radius 2 is 1.86 bits per heavy atom. The molecule has 1 aromatic carbocycles. The molecule has 2 aromatic heterocycles. The number of amides is 2. The van der Waals surface area contributed by atoms with Crippen LogP contribution in [-0.2, 0) is 14.3 Å². The number of ether oxygens (including phenoxy) is 1. The Labute approximate surface area is 204 Å². The highest BCUT2D eigenvalue weighted by Gasteiger charge is 2.31. The van der Waals surface area contributed by atoms with E-state index in [-0.39, 0.29) is 17.6 Å². The lowest BCUT2D eigenvalue weighted by Crippen LogP contribution is -2.50. The maximum absolute atomic E-state index is 11.5. The maximum atomic E-state index is 11.5. The molecule has 11 heteroatoms. The van der Waals surface area contributed by atoms with Gasteiger partial charge in [-0.1, -0.05) is 6.07 Å². The number of carbonyl (C=O) groups excluding carboxylic acids is 2. The molecule has 0 saturated carbocycles. The molecule has 0 atom stereocenters. The van der Waals surface area contributed by atoms with E-state index in [0.717, 1.165) is 22.9 Å². The van der Waals surface area contributed by atoms with E-state index in [0.29, 0.717) is 51.1 Å². The number of aromatic nitrogens is 4. The van der Waals surface area contributed by atoms with Gasteiger partial charge in [0.25, 0.3) is 11.8 Å². The molecule has 0 spiro atoms. The highest BCUT2D eigenvalue weighted by molar-refractivity contribution is 5.83. The van der Waals surface area contributed by atoms with E-state index in [2.05, 4.69) is 15.2 Å². The number of nitrogens with zero attached hydrogens (tertiary/aromatic N) is 7. The fourth-order valence-electron chi connectivity index (χ4n) is 3.82. The van der Waals surface area contributed by atoms with Crippen LogP contribution in [-0.4, -0.2) is 94.0 Å². The van der Waals surface area contributed by atoms with Crippen LogP contribution in [0.2, 0.25) is 0 Å². The average Bonchev–Trinajstić information content (AvgIpc) is 3.45. The number of benzene rings is 1. The number of likely N-dealkylation sites (tertiary alicyclic amines) is 1. The summed E-state index contributed by atoms with van der Waals surface area (Å²) < 4.78 is 12.4. The summed E-state index contributed by atoms with van der Waals surface area (Å²) in [5.74, 6) is 1.08. The van der Waals surface area contributed by atoms with Crippen molar-refractivity contribution in [3.63, 3.8) is 0 Å². The summed E-state index contributed by atoms with van der Waals surface area (Å²) in [6.07, 6.45) is 2.70. The third kappa shape index (κ3) is 5.61. The second-order valence-corrected chi connectivity index (χ2v) is 9.79. The van der Waals surface area contributed by atoms with Crippen LogP contribution in [0, 0.1) is 0 Å². The van der Waals surface area contributed by atoms with Crippen LogP contribution < -0.4 is 4.90 Å². The lowest BCUT2D eigenvalue weighted by atomic mass is 10.1. The zero-order chi connectivity index (χ0) is 25.2. The summed E-state index contributed by atoms with van der Waals surface area (Å²) in [7, 11) is 1.71. The van der Waals surface area contributed by atoms with Gasteiger partial charge in [-0.2, -0.15) is 10.1 Å². The van der Waals surface area contributed by atoms with E-state index in [4.69, 9.17) is 9.26 Å². The smallest absolute Gasteiger partial charge is 0.266 e. The minimum atomic E-state index is 0.0417. The van der Waals surface area contributed by atoms with Gasteiger partial charge < -0.3 is 24.0 Å². The average molecular weight is 484 g/mol. The normalized spacial score (nSPS) is 16.7. The van der Waals surface area contributed by atoms with Gasteiger partial charge in [0.1, 0.15) is 0 Å². The summed E-state index contributed by atoms with van der Waals surface area (Å²) in [6, 6.07) is 6.11. The summed E-state index contributed by atoms with van der Waals surface area (Å²) in [6.45, 7) is 11.7. The highest BCUT2D eigenvalue weighted by atomic mass is 16.5. The standard InChI is InChI=1S/C19H21N7O3.C5H12O/c1-13(28)25-10-16(11-25)26-17-8-14(2-3-15(17)9-20-26)18-21-19(22-29-18)24-6-4-23(12-27)5-7-24;1-5(2,3)6-4/h2-3,8-9,12,16H,4-7,10-11H2,1H3;1-4H3. The maximum Gasteiger partial charge on any atom is 0.266 e. The molecule has 5 rings (SSSR count). The summed E-state index contributed by atoms with van der Waals surface area (Å²) in [4.78, 5) is 32.4. The summed E-state index contributed by atoms with van der Waals surface area (Å²) in [5, 5.41) is 9.65. The Morgan fingerprint density at radius 3 is 2.46 bits per heavy atom. The van der Waals surface area contributed by atoms with Crippen molar-refractivity contribution in [3.05, 3.63) is 24.4 Å². The van der Waals surface area contributed by atoms with Crippen LogP contribution >= 0.6 is 0 Å². The van der Waals surface area contributed by atoms with Crippen molar-refractivity contribution in [1.82, 2.24) is 29.7 Å². The van der Waals surface area contributed by atoms with Crippen molar-refractivity contribution < 1.29 is 18.8 Å². The molecular weight excluding hydrogens is 450 g/mol. The van der Waals surface area contributed by atoms with Crippen LogP contribution in [0.15, 0.2) is 28.9 Å². The predicted molar refractivity (Wildman–Crippen MR) is 131 cm³/mol. The highest BCUT2D eigenvalue weighted by Crippen LogP contribution is 2.29. The first-order valence-corrected chi connectivity index (χ1v) is 11.7. The van der Waals surface area contributed by atoms with Crippen molar-refractivity contribution in [3.8, 4) is 11.5 Å². The molecule has 0 N–H and O–H groups in total. The molecule has 0 unspecified atom stereocenters. The second-order valence-electron chi connectivity index (χ2n) is 9.79.